The number of nitrogens with one attached hydrogen (secondary N) is 1. The Morgan fingerprint density at radius 1 is 1.21 bits per heavy atom. The minimum atomic E-state index is -2.16. The molecule has 11 nitrogen and oxygen atoms in total. The van der Waals surface area contributed by atoms with Crippen LogP contribution in [0.3, 0.4) is 0 Å². The molecule has 0 unspecified atom stereocenters. The summed E-state index contributed by atoms with van der Waals surface area (Å²) in [4.78, 5) is 36.2. The molecular formula is C21H29N3O8Si. The van der Waals surface area contributed by atoms with Crippen LogP contribution in [0.5, 0.6) is 5.75 Å². The van der Waals surface area contributed by atoms with Gasteiger partial charge in [0.2, 0.25) is 0 Å². The number of aliphatic hydroxyl groups is 1. The van der Waals surface area contributed by atoms with Crippen molar-refractivity contribution in [2.75, 3.05) is 6.61 Å². The molecule has 0 saturated carbocycles. The summed E-state index contributed by atoms with van der Waals surface area (Å²) in [5.41, 5.74) is -1.40. The predicted octanol–water partition coefficient (Wildman–Crippen LogP) is 2.17. The van der Waals surface area contributed by atoms with Crippen molar-refractivity contribution in [3.8, 4) is 5.75 Å². The molecule has 2 heterocycles. The van der Waals surface area contributed by atoms with Gasteiger partial charge in [-0.05, 0) is 30.3 Å². The average molecular weight is 480 g/mol. The van der Waals surface area contributed by atoms with E-state index in [4.69, 9.17) is 13.9 Å². The van der Waals surface area contributed by atoms with E-state index in [2.05, 4.69) is 38.8 Å². The first-order valence-electron chi connectivity index (χ1n) is 10.5. The topological polar surface area (TPSA) is 146 Å². The maximum Gasteiger partial charge on any atom is 0.330 e. The summed E-state index contributed by atoms with van der Waals surface area (Å²) in [6.07, 6.45) is -2.83. The molecule has 0 spiro atoms. The van der Waals surface area contributed by atoms with Gasteiger partial charge in [-0.2, -0.15) is 0 Å². The van der Waals surface area contributed by atoms with Gasteiger partial charge in [-0.1, -0.05) is 20.8 Å². The average Bonchev–Trinajstić information content (AvgIpc) is 3.01. The first-order chi connectivity index (χ1) is 15.3. The summed E-state index contributed by atoms with van der Waals surface area (Å²) in [5, 5.41) is 21.9. The number of nitro groups is 1. The van der Waals surface area contributed by atoms with Crippen molar-refractivity contribution in [2.45, 2.75) is 63.4 Å². The van der Waals surface area contributed by atoms with E-state index < -0.39 is 49.0 Å². The van der Waals surface area contributed by atoms with Crippen LogP contribution in [-0.4, -0.2) is 52.8 Å². The maximum atomic E-state index is 12.3. The molecule has 2 N–H and O–H groups in total. The lowest BCUT2D eigenvalue weighted by molar-refractivity contribution is -0.384. The molecule has 12 heteroatoms. The van der Waals surface area contributed by atoms with Crippen molar-refractivity contribution >= 4 is 14.0 Å². The molecule has 1 aliphatic heterocycles. The lowest BCUT2D eigenvalue weighted by atomic mass is 10.1. The summed E-state index contributed by atoms with van der Waals surface area (Å²) in [7, 11) is -2.16. The molecule has 1 aromatic heterocycles. The van der Waals surface area contributed by atoms with E-state index in [0.717, 1.165) is 10.6 Å². The van der Waals surface area contributed by atoms with Crippen molar-refractivity contribution in [3.63, 3.8) is 0 Å². The largest absolute Gasteiger partial charge is 0.485 e. The number of hydrogen-bond donors (Lipinski definition) is 2. The molecule has 33 heavy (non-hydrogen) atoms. The van der Waals surface area contributed by atoms with Crippen molar-refractivity contribution in [3.05, 3.63) is 67.5 Å². The first-order valence-corrected chi connectivity index (χ1v) is 13.4. The normalized spacial score (nSPS) is 23.5. The number of H-pyrrole nitrogens is 1. The predicted molar refractivity (Wildman–Crippen MR) is 122 cm³/mol. The number of aromatic nitrogens is 2. The van der Waals surface area contributed by atoms with Crippen LogP contribution >= 0.6 is 0 Å². The highest BCUT2D eigenvalue weighted by Gasteiger charge is 2.48. The summed E-state index contributed by atoms with van der Waals surface area (Å²) in [6.45, 7) is 10.5. The maximum absolute atomic E-state index is 12.3. The van der Waals surface area contributed by atoms with Gasteiger partial charge in [-0.25, -0.2) is 4.79 Å². The summed E-state index contributed by atoms with van der Waals surface area (Å²) < 4.78 is 19.3. The number of rotatable bonds is 7. The Balaban J connectivity index is 1.88. The number of aliphatic hydroxyl groups excluding tert-OH is 1. The number of nitrogens with zero attached hydrogens (tertiary/aromatic N) is 2. The second-order valence-corrected chi connectivity index (χ2v) is 14.3. The second-order valence-electron chi connectivity index (χ2n) is 9.48. The third kappa shape index (κ3) is 5.41. The lowest BCUT2D eigenvalue weighted by Crippen LogP contribution is -2.46. The fourth-order valence-electron chi connectivity index (χ4n) is 3.17. The van der Waals surface area contributed by atoms with E-state index in [9.17, 15) is 24.8 Å². The molecule has 0 aliphatic carbocycles. The van der Waals surface area contributed by atoms with Gasteiger partial charge in [-0.15, -0.1) is 0 Å². The van der Waals surface area contributed by atoms with Crippen molar-refractivity contribution in [1.29, 1.82) is 0 Å². The van der Waals surface area contributed by atoms with E-state index >= 15 is 0 Å². The van der Waals surface area contributed by atoms with Gasteiger partial charge in [0, 0.05) is 24.4 Å². The Bertz CT molecular complexity index is 1110. The lowest BCUT2D eigenvalue weighted by Gasteiger charge is -2.37. The van der Waals surface area contributed by atoms with Crippen LogP contribution in [0.2, 0.25) is 18.1 Å². The zero-order valence-electron chi connectivity index (χ0n) is 19.2. The fraction of sp³-hybridized carbons (Fsp3) is 0.524. The standard InChI is InChI=1S/C21H29N3O8Si/c1-21(2,3)33(4,5)30-12-15-18(31-14-8-6-13(7-9-14)24(28)29)17(26)19(32-15)23-11-10-16(25)22-20(23)27/h6-11,15,17-19,26H,12H2,1-5H3,(H,22,25,27)/t15-,17-,18-,19-/m1/s1. The quantitative estimate of drug-likeness (QED) is 0.349. The van der Waals surface area contributed by atoms with Crippen LogP contribution in [0.25, 0.3) is 0 Å². The Morgan fingerprint density at radius 2 is 1.85 bits per heavy atom. The van der Waals surface area contributed by atoms with E-state index in [0.29, 0.717) is 5.75 Å². The molecule has 1 aliphatic rings. The molecule has 0 amide bonds. The van der Waals surface area contributed by atoms with Crippen LogP contribution in [0.1, 0.15) is 27.0 Å². The van der Waals surface area contributed by atoms with Gasteiger partial charge in [-0.3, -0.25) is 24.5 Å². The summed E-state index contributed by atoms with van der Waals surface area (Å²) >= 11 is 0. The van der Waals surface area contributed by atoms with E-state index in [1.807, 2.05) is 0 Å². The Kier molecular flexibility index (Phi) is 6.93. The highest BCUT2D eigenvalue weighted by molar-refractivity contribution is 6.74. The van der Waals surface area contributed by atoms with Gasteiger partial charge < -0.3 is 19.0 Å². The van der Waals surface area contributed by atoms with Crippen LogP contribution in [-0.2, 0) is 9.16 Å². The highest BCUT2D eigenvalue weighted by atomic mass is 28.4. The van der Waals surface area contributed by atoms with Gasteiger partial charge in [0.05, 0.1) is 11.5 Å². The number of nitro benzene ring substituents is 1. The Morgan fingerprint density at radius 3 is 2.39 bits per heavy atom. The van der Waals surface area contributed by atoms with E-state index in [-0.39, 0.29) is 17.3 Å². The van der Waals surface area contributed by atoms with Crippen molar-refractivity contribution in [1.82, 2.24) is 9.55 Å². The highest BCUT2D eigenvalue weighted by Crippen LogP contribution is 2.38. The minimum absolute atomic E-state index is 0.0613. The monoisotopic (exact) mass is 479 g/mol. The molecule has 2 aromatic rings. The second kappa shape index (κ2) is 9.21. The number of non-ortho nitro benzene ring substituents is 1. The number of ether oxygens (including phenoxy) is 2. The smallest absolute Gasteiger partial charge is 0.330 e. The third-order valence-corrected chi connectivity index (χ3v) is 10.7. The molecule has 0 bridgehead atoms. The minimum Gasteiger partial charge on any atom is -0.485 e. The molecular weight excluding hydrogens is 450 g/mol. The molecule has 1 fully saturated rings. The van der Waals surface area contributed by atoms with Crippen LogP contribution in [0.4, 0.5) is 5.69 Å². The molecule has 1 aromatic carbocycles. The fourth-order valence-corrected chi connectivity index (χ4v) is 4.18. The number of hydrogen-bond acceptors (Lipinski definition) is 8. The van der Waals surface area contributed by atoms with Crippen molar-refractivity contribution in [2.24, 2.45) is 0 Å². The van der Waals surface area contributed by atoms with Crippen molar-refractivity contribution < 1.29 is 23.9 Å². The van der Waals surface area contributed by atoms with E-state index in [1.54, 1.807) is 0 Å². The Hall–Kier alpha value is -2.80. The summed E-state index contributed by atoms with van der Waals surface area (Å²) in [6, 6.07) is 6.60. The Labute approximate surface area is 191 Å². The van der Waals surface area contributed by atoms with Gasteiger partial charge in [0.25, 0.3) is 11.2 Å². The molecule has 0 radical (unpaired) electrons. The van der Waals surface area contributed by atoms with Crippen LogP contribution < -0.4 is 16.0 Å². The number of benzene rings is 1. The van der Waals surface area contributed by atoms with Crippen LogP contribution in [0.15, 0.2) is 46.1 Å². The zero-order valence-corrected chi connectivity index (χ0v) is 20.2. The number of aromatic amines is 1. The zero-order chi connectivity index (χ0) is 24.6. The van der Waals surface area contributed by atoms with Gasteiger partial charge in [0.1, 0.15) is 18.0 Å². The first kappa shape index (κ1) is 24.8. The summed E-state index contributed by atoms with van der Waals surface area (Å²) in [5.74, 6) is 0.292. The van der Waals surface area contributed by atoms with E-state index in [1.165, 1.54) is 30.5 Å². The van der Waals surface area contributed by atoms with Gasteiger partial charge >= 0.3 is 5.69 Å². The molecule has 3 rings (SSSR count). The van der Waals surface area contributed by atoms with Gasteiger partial charge in [0.15, 0.2) is 20.6 Å². The molecule has 4 atom stereocenters. The molecule has 1 saturated heterocycles. The third-order valence-electron chi connectivity index (χ3n) is 6.17. The van der Waals surface area contributed by atoms with Crippen LogP contribution in [0, 0.1) is 10.1 Å². The SMILES string of the molecule is CC(C)(C)[Si](C)(C)OC[C@H]1O[C@@H](n2ccc(=O)[nH]c2=O)[C@H](O)[C@@H]1Oc1ccc([N+](=O)[O-])cc1. The molecule has 180 valence electrons.